The largest absolute Gasteiger partial charge is 0.330 e. The Morgan fingerprint density at radius 3 is 2.57 bits per heavy atom. The number of carbonyl (C=O) groups is 1. The van der Waals surface area contributed by atoms with Crippen LogP contribution in [-0.4, -0.2) is 55.4 Å². The average molecular weight is 337 g/mol. The van der Waals surface area contributed by atoms with E-state index >= 15 is 0 Å². The number of amides is 1. The number of thioether (sulfide) groups is 1. The van der Waals surface area contributed by atoms with Gasteiger partial charge in [-0.2, -0.15) is 11.8 Å². The fourth-order valence-corrected chi connectivity index (χ4v) is 5.54. The Balaban J connectivity index is 2.64. The molecule has 7 heteroatoms. The Bertz CT molecular complexity index is 438. The highest BCUT2D eigenvalue weighted by Gasteiger charge is 2.34. The van der Waals surface area contributed by atoms with Gasteiger partial charge in [-0.15, -0.1) is 0 Å². The van der Waals surface area contributed by atoms with E-state index in [1.54, 1.807) is 16.7 Å². The highest BCUT2D eigenvalue weighted by Crippen LogP contribution is 2.24. The second kappa shape index (κ2) is 8.39. The van der Waals surface area contributed by atoms with E-state index in [0.29, 0.717) is 37.1 Å². The van der Waals surface area contributed by atoms with Crippen molar-refractivity contribution in [2.45, 2.75) is 38.5 Å². The van der Waals surface area contributed by atoms with Gasteiger partial charge in [0, 0.05) is 30.7 Å². The summed E-state index contributed by atoms with van der Waals surface area (Å²) in [5, 5.41) is -0.657. The molecule has 1 heterocycles. The average Bonchev–Trinajstić information content (AvgIpc) is 2.41. The van der Waals surface area contributed by atoms with Gasteiger partial charge in [-0.1, -0.05) is 13.8 Å². The minimum absolute atomic E-state index is 0.0339. The van der Waals surface area contributed by atoms with Gasteiger partial charge in [0.15, 0.2) is 9.84 Å². The number of carbonyl (C=O) groups excluding carboxylic acids is 1. The molecule has 21 heavy (non-hydrogen) atoms. The molecule has 1 aliphatic heterocycles. The molecule has 0 spiro atoms. The second-order valence-electron chi connectivity index (χ2n) is 6.07. The van der Waals surface area contributed by atoms with E-state index in [4.69, 9.17) is 5.73 Å². The third-order valence-electron chi connectivity index (χ3n) is 4.11. The second-order valence-corrected chi connectivity index (χ2v) is 9.42. The van der Waals surface area contributed by atoms with E-state index in [9.17, 15) is 13.2 Å². The first-order valence-corrected chi connectivity index (χ1v) is 10.6. The summed E-state index contributed by atoms with van der Waals surface area (Å²) in [6.07, 6.45) is 3.33. The summed E-state index contributed by atoms with van der Waals surface area (Å²) in [6, 6.07) is 0. The molecule has 2 atom stereocenters. The summed E-state index contributed by atoms with van der Waals surface area (Å²) < 4.78 is 23.7. The van der Waals surface area contributed by atoms with E-state index in [-0.39, 0.29) is 5.91 Å². The Morgan fingerprint density at radius 1 is 1.38 bits per heavy atom. The minimum Gasteiger partial charge on any atom is -0.330 e. The summed E-state index contributed by atoms with van der Waals surface area (Å²) in [5.41, 5.74) is 5.62. The van der Waals surface area contributed by atoms with Gasteiger partial charge < -0.3 is 10.6 Å². The molecule has 1 saturated heterocycles. The van der Waals surface area contributed by atoms with Crippen molar-refractivity contribution in [1.82, 2.24) is 4.90 Å². The van der Waals surface area contributed by atoms with Crippen LogP contribution in [0.2, 0.25) is 0 Å². The summed E-state index contributed by atoms with van der Waals surface area (Å²) in [4.78, 5) is 14.0. The van der Waals surface area contributed by atoms with E-state index in [0.717, 1.165) is 18.6 Å². The van der Waals surface area contributed by atoms with Crippen molar-refractivity contribution in [3.05, 3.63) is 0 Å². The van der Waals surface area contributed by atoms with Crippen LogP contribution in [0.3, 0.4) is 0 Å². The first-order chi connectivity index (χ1) is 9.77. The zero-order valence-electron chi connectivity index (χ0n) is 13.2. The number of rotatable bonds is 7. The molecule has 0 aromatic heterocycles. The number of hydrogen-bond donors (Lipinski definition) is 1. The normalized spacial score (nSPS) is 21.6. The molecule has 0 aromatic rings. The van der Waals surface area contributed by atoms with Gasteiger partial charge in [0.1, 0.15) is 5.37 Å². The number of nitrogens with two attached hydrogens (primary N) is 1. The molecule has 0 aromatic carbocycles. The van der Waals surface area contributed by atoms with Crippen molar-refractivity contribution in [3.8, 4) is 0 Å². The standard InChI is InChI=1S/C14H28N2O3S2/c1-11(2)12(6-7-15)4-5-13(17)16-8-9-20-10-14(16)21(3,18)19/h11-12,14H,4-10,15H2,1-3H3. The topological polar surface area (TPSA) is 80.5 Å². The lowest BCUT2D eigenvalue weighted by Gasteiger charge is -2.34. The summed E-state index contributed by atoms with van der Waals surface area (Å²) in [5.74, 6) is 2.18. The molecule has 0 bridgehead atoms. The summed E-state index contributed by atoms with van der Waals surface area (Å²) in [6.45, 7) is 5.44. The number of nitrogens with zero attached hydrogens (tertiary/aromatic N) is 1. The zero-order chi connectivity index (χ0) is 16.0. The predicted molar refractivity (Wildman–Crippen MR) is 88.9 cm³/mol. The lowest BCUT2D eigenvalue weighted by Crippen LogP contribution is -2.49. The maximum Gasteiger partial charge on any atom is 0.223 e. The SMILES string of the molecule is CC(C)C(CCN)CCC(=O)N1CCSCC1S(C)(=O)=O. The van der Waals surface area contributed by atoms with Gasteiger partial charge in [-0.3, -0.25) is 4.79 Å². The molecular formula is C14H28N2O3S2. The van der Waals surface area contributed by atoms with Gasteiger partial charge >= 0.3 is 0 Å². The molecule has 1 amide bonds. The molecule has 0 saturated carbocycles. The van der Waals surface area contributed by atoms with Crippen molar-refractivity contribution in [2.24, 2.45) is 17.6 Å². The predicted octanol–water partition coefficient (Wildman–Crippen LogP) is 1.33. The minimum atomic E-state index is -3.22. The van der Waals surface area contributed by atoms with Gasteiger partial charge in [0.05, 0.1) is 0 Å². The molecule has 5 nitrogen and oxygen atoms in total. The van der Waals surface area contributed by atoms with Crippen molar-refractivity contribution in [3.63, 3.8) is 0 Å². The van der Waals surface area contributed by atoms with E-state index in [1.165, 1.54) is 6.26 Å². The third-order valence-corrected chi connectivity index (χ3v) is 6.75. The first-order valence-electron chi connectivity index (χ1n) is 7.53. The highest BCUT2D eigenvalue weighted by atomic mass is 32.2. The number of hydrogen-bond acceptors (Lipinski definition) is 5. The zero-order valence-corrected chi connectivity index (χ0v) is 14.9. The van der Waals surface area contributed by atoms with Crippen molar-refractivity contribution in [2.75, 3.05) is 30.9 Å². The smallest absolute Gasteiger partial charge is 0.223 e. The first kappa shape index (κ1) is 18.8. The Kier molecular flexibility index (Phi) is 7.50. The maximum atomic E-state index is 12.4. The molecule has 2 unspecified atom stereocenters. The molecule has 0 aliphatic carbocycles. The molecule has 1 rings (SSSR count). The molecule has 124 valence electrons. The quantitative estimate of drug-likeness (QED) is 0.759. The molecule has 1 aliphatic rings. The van der Waals surface area contributed by atoms with Crippen LogP contribution in [0.4, 0.5) is 0 Å². The fraction of sp³-hybridized carbons (Fsp3) is 0.929. The van der Waals surface area contributed by atoms with Crippen molar-refractivity contribution >= 4 is 27.5 Å². The van der Waals surface area contributed by atoms with Crippen LogP contribution >= 0.6 is 11.8 Å². The van der Waals surface area contributed by atoms with Crippen molar-refractivity contribution in [1.29, 1.82) is 0 Å². The van der Waals surface area contributed by atoms with Gasteiger partial charge in [0.25, 0.3) is 0 Å². The van der Waals surface area contributed by atoms with Crippen LogP contribution in [0.15, 0.2) is 0 Å². The molecule has 1 fully saturated rings. The van der Waals surface area contributed by atoms with E-state index < -0.39 is 15.2 Å². The molecular weight excluding hydrogens is 308 g/mol. The monoisotopic (exact) mass is 336 g/mol. The van der Waals surface area contributed by atoms with Crippen molar-refractivity contribution < 1.29 is 13.2 Å². The fourth-order valence-electron chi connectivity index (χ4n) is 2.70. The molecule has 2 N–H and O–H groups in total. The number of sulfone groups is 1. The van der Waals surface area contributed by atoms with Gasteiger partial charge in [-0.25, -0.2) is 8.42 Å². The lowest BCUT2D eigenvalue weighted by molar-refractivity contribution is -0.132. The van der Waals surface area contributed by atoms with Crippen LogP contribution in [-0.2, 0) is 14.6 Å². The van der Waals surface area contributed by atoms with E-state index in [1.807, 2.05) is 0 Å². The Morgan fingerprint density at radius 2 is 2.05 bits per heavy atom. The Hall–Kier alpha value is -0.270. The lowest BCUT2D eigenvalue weighted by atomic mass is 9.88. The summed E-state index contributed by atoms with van der Waals surface area (Å²) >= 11 is 1.60. The third kappa shape index (κ3) is 5.79. The summed E-state index contributed by atoms with van der Waals surface area (Å²) in [7, 11) is -3.22. The van der Waals surface area contributed by atoms with Crippen LogP contribution in [0.1, 0.15) is 33.1 Å². The maximum absolute atomic E-state index is 12.4. The van der Waals surface area contributed by atoms with Crippen LogP contribution in [0.25, 0.3) is 0 Å². The van der Waals surface area contributed by atoms with Crippen LogP contribution in [0.5, 0.6) is 0 Å². The van der Waals surface area contributed by atoms with Crippen LogP contribution in [0, 0.1) is 11.8 Å². The van der Waals surface area contributed by atoms with Gasteiger partial charge in [-0.05, 0) is 31.2 Å². The Labute approximate surface area is 132 Å². The highest BCUT2D eigenvalue weighted by molar-refractivity contribution is 8.00. The van der Waals surface area contributed by atoms with Gasteiger partial charge in [0.2, 0.25) is 5.91 Å². The molecule has 0 radical (unpaired) electrons. The van der Waals surface area contributed by atoms with Crippen LogP contribution < -0.4 is 5.73 Å². The van der Waals surface area contributed by atoms with E-state index in [2.05, 4.69) is 13.8 Å².